The van der Waals surface area contributed by atoms with Gasteiger partial charge in [0.1, 0.15) is 5.15 Å². The van der Waals surface area contributed by atoms with Gasteiger partial charge in [-0.15, -0.1) is 0 Å². The summed E-state index contributed by atoms with van der Waals surface area (Å²) in [5, 5.41) is 1.73. The number of fused-ring (bicyclic) bond motifs is 1. The maximum absolute atomic E-state index is 6.14. The topological polar surface area (TPSA) is 28.5 Å². The molecule has 0 aliphatic carbocycles. The normalized spacial score (nSPS) is 20.4. The molecule has 6 heteroatoms. The molecule has 2 aromatic rings. The lowest BCUT2D eigenvalue weighted by atomic mass is 9.90. The minimum Gasteiger partial charge on any atom is -0.298 e. The van der Waals surface area contributed by atoms with Gasteiger partial charge in [-0.2, -0.15) is 0 Å². The Balaban J connectivity index is 1.45. The number of hydrogen-bond donors (Lipinski definition) is 0. The van der Waals surface area contributed by atoms with Crippen LogP contribution in [0.3, 0.4) is 0 Å². The number of aromatic nitrogens is 1. The summed E-state index contributed by atoms with van der Waals surface area (Å²) in [6.45, 7) is 3.00. The monoisotopic (exact) mass is 393 g/mol. The van der Waals surface area contributed by atoms with Gasteiger partial charge in [0.05, 0.1) is 10.0 Å². The Bertz CT molecular complexity index is 835. The Morgan fingerprint density at radius 1 is 1.08 bits per heavy atom. The van der Waals surface area contributed by atoms with E-state index in [-0.39, 0.29) is 0 Å². The highest BCUT2D eigenvalue weighted by Crippen LogP contribution is 2.32. The zero-order valence-corrected chi connectivity index (χ0v) is 16.0. The summed E-state index contributed by atoms with van der Waals surface area (Å²) in [4.78, 5) is 11.6. The summed E-state index contributed by atoms with van der Waals surface area (Å²) in [7, 11) is 0. The molecule has 2 aliphatic heterocycles. The molecule has 0 spiro atoms. The largest absolute Gasteiger partial charge is 0.298 e. The fraction of sp³-hybridized carbons (Fsp3) is 0.368. The van der Waals surface area contributed by atoms with E-state index in [1.54, 1.807) is 0 Å². The van der Waals surface area contributed by atoms with Crippen LogP contribution in [0.4, 0.5) is 5.82 Å². The third kappa shape index (κ3) is 3.85. The summed E-state index contributed by atoms with van der Waals surface area (Å²) >= 11 is 18.1. The van der Waals surface area contributed by atoms with Gasteiger partial charge in [0.25, 0.3) is 0 Å². The number of aliphatic imine (C=N–C) groups is 1. The van der Waals surface area contributed by atoms with E-state index in [1.807, 2.05) is 30.3 Å². The number of benzene rings is 1. The molecule has 4 rings (SSSR count). The number of nitrogens with zero attached hydrogens (tertiary/aromatic N) is 3. The minimum absolute atomic E-state index is 0.476. The van der Waals surface area contributed by atoms with E-state index in [1.165, 1.54) is 29.7 Å². The van der Waals surface area contributed by atoms with Crippen molar-refractivity contribution in [2.24, 2.45) is 10.9 Å². The molecule has 130 valence electrons. The standard InChI is InChI=1S/C19H18Cl3N3/c20-15-5-3-12(8-16(15)21)10-25-7-1-2-14(11-25)17-9-13-4-6-18(22)24-19(13)23-17/h3-6,8,14H,1-2,7,9-11H2/t14-/m0/s1. The predicted molar refractivity (Wildman–Crippen MR) is 105 cm³/mol. The summed E-state index contributed by atoms with van der Waals surface area (Å²) in [6.07, 6.45) is 3.25. The fourth-order valence-electron chi connectivity index (χ4n) is 3.66. The lowest BCUT2D eigenvalue weighted by molar-refractivity contribution is 0.196. The highest BCUT2D eigenvalue weighted by atomic mass is 35.5. The van der Waals surface area contributed by atoms with Crippen LogP contribution < -0.4 is 0 Å². The van der Waals surface area contributed by atoms with Gasteiger partial charge in [0.2, 0.25) is 0 Å². The fourth-order valence-corrected chi connectivity index (χ4v) is 4.13. The van der Waals surface area contributed by atoms with Crippen LogP contribution in [0.15, 0.2) is 35.3 Å². The molecule has 0 unspecified atom stereocenters. The third-order valence-electron chi connectivity index (χ3n) is 4.91. The van der Waals surface area contributed by atoms with Gasteiger partial charge in [-0.25, -0.2) is 9.98 Å². The summed E-state index contributed by atoms with van der Waals surface area (Å²) in [6, 6.07) is 9.76. The lowest BCUT2D eigenvalue weighted by Gasteiger charge is -2.33. The number of halogens is 3. The molecule has 25 heavy (non-hydrogen) atoms. The van der Waals surface area contributed by atoms with Gasteiger partial charge in [0, 0.05) is 36.7 Å². The highest BCUT2D eigenvalue weighted by Gasteiger charge is 2.28. The van der Waals surface area contributed by atoms with Crippen molar-refractivity contribution < 1.29 is 0 Å². The average molecular weight is 395 g/mol. The second kappa shape index (κ2) is 7.24. The Kier molecular flexibility index (Phi) is 5.01. The maximum Gasteiger partial charge on any atom is 0.157 e. The van der Waals surface area contributed by atoms with E-state index in [0.717, 1.165) is 31.9 Å². The van der Waals surface area contributed by atoms with E-state index < -0.39 is 0 Å². The van der Waals surface area contributed by atoms with E-state index in [2.05, 4.69) is 9.88 Å². The molecule has 3 nitrogen and oxygen atoms in total. The van der Waals surface area contributed by atoms with Crippen LogP contribution in [0.2, 0.25) is 15.2 Å². The van der Waals surface area contributed by atoms with Crippen molar-refractivity contribution in [1.82, 2.24) is 9.88 Å². The highest BCUT2D eigenvalue weighted by molar-refractivity contribution is 6.42. The number of pyridine rings is 1. The molecule has 2 aliphatic rings. The predicted octanol–water partition coefficient (Wildman–Crippen LogP) is 5.58. The molecule has 0 saturated carbocycles. The quantitative estimate of drug-likeness (QED) is 0.635. The molecule has 3 heterocycles. The molecular weight excluding hydrogens is 377 g/mol. The van der Waals surface area contributed by atoms with Crippen LogP contribution in [0.5, 0.6) is 0 Å². The van der Waals surface area contributed by atoms with Crippen molar-refractivity contribution in [3.8, 4) is 0 Å². The molecule has 0 bridgehead atoms. The molecule has 1 atom stereocenters. The van der Waals surface area contributed by atoms with E-state index in [0.29, 0.717) is 21.1 Å². The first-order valence-electron chi connectivity index (χ1n) is 8.47. The van der Waals surface area contributed by atoms with Gasteiger partial charge >= 0.3 is 0 Å². The Hall–Kier alpha value is -1.13. The minimum atomic E-state index is 0.476. The maximum atomic E-state index is 6.14. The molecule has 0 radical (unpaired) electrons. The van der Waals surface area contributed by atoms with Gasteiger partial charge in [-0.05, 0) is 43.1 Å². The summed E-state index contributed by atoms with van der Waals surface area (Å²) in [5.74, 6) is 1.27. The first-order chi connectivity index (χ1) is 12.1. The van der Waals surface area contributed by atoms with E-state index in [9.17, 15) is 0 Å². The molecule has 0 N–H and O–H groups in total. The molecule has 1 saturated heterocycles. The average Bonchev–Trinajstić information content (AvgIpc) is 3.02. The van der Waals surface area contributed by atoms with E-state index in [4.69, 9.17) is 39.8 Å². The zero-order valence-electron chi connectivity index (χ0n) is 13.7. The molecule has 0 amide bonds. The zero-order chi connectivity index (χ0) is 17.4. The third-order valence-corrected chi connectivity index (χ3v) is 5.86. The van der Waals surface area contributed by atoms with Crippen LogP contribution in [0, 0.1) is 5.92 Å². The van der Waals surface area contributed by atoms with E-state index >= 15 is 0 Å². The summed E-state index contributed by atoms with van der Waals surface area (Å²) in [5.41, 5.74) is 3.62. The molecular formula is C19H18Cl3N3. The first-order valence-corrected chi connectivity index (χ1v) is 9.61. The SMILES string of the molecule is Clc1ccc2c(n1)N=C([C@H]1CCCN(Cc3ccc(Cl)c(Cl)c3)C1)C2. The molecule has 1 fully saturated rings. The van der Waals surface area contributed by atoms with Crippen LogP contribution in [0.1, 0.15) is 24.0 Å². The van der Waals surface area contributed by atoms with Crippen LogP contribution >= 0.6 is 34.8 Å². The van der Waals surface area contributed by atoms with Crippen molar-refractivity contribution in [1.29, 1.82) is 0 Å². The van der Waals surface area contributed by atoms with Gasteiger partial charge in [0.15, 0.2) is 5.82 Å². The number of hydrogen-bond acceptors (Lipinski definition) is 3. The number of piperidine rings is 1. The summed E-state index contributed by atoms with van der Waals surface area (Å²) < 4.78 is 0. The first kappa shape index (κ1) is 17.3. The Morgan fingerprint density at radius 3 is 2.80 bits per heavy atom. The molecule has 1 aromatic carbocycles. The Labute approximate surface area is 162 Å². The van der Waals surface area contributed by atoms with Crippen LogP contribution in [0.25, 0.3) is 0 Å². The second-order valence-corrected chi connectivity index (χ2v) is 7.92. The lowest BCUT2D eigenvalue weighted by Crippen LogP contribution is -2.38. The van der Waals surface area contributed by atoms with Crippen molar-refractivity contribution in [3.63, 3.8) is 0 Å². The van der Waals surface area contributed by atoms with Crippen molar-refractivity contribution in [2.45, 2.75) is 25.8 Å². The number of rotatable bonds is 3. The van der Waals surface area contributed by atoms with Crippen molar-refractivity contribution >= 4 is 46.3 Å². The van der Waals surface area contributed by atoms with Crippen molar-refractivity contribution in [3.05, 3.63) is 56.7 Å². The van der Waals surface area contributed by atoms with Gasteiger partial charge in [-0.3, -0.25) is 4.90 Å². The van der Waals surface area contributed by atoms with Crippen molar-refractivity contribution in [2.75, 3.05) is 13.1 Å². The Morgan fingerprint density at radius 2 is 1.96 bits per heavy atom. The number of likely N-dealkylation sites (tertiary alicyclic amines) is 1. The smallest absolute Gasteiger partial charge is 0.157 e. The van der Waals surface area contributed by atoms with Gasteiger partial charge < -0.3 is 0 Å². The second-order valence-electron chi connectivity index (χ2n) is 6.72. The molecule has 1 aromatic heterocycles. The van der Waals surface area contributed by atoms with Gasteiger partial charge in [-0.1, -0.05) is 46.9 Å². The van der Waals surface area contributed by atoms with Crippen LogP contribution in [-0.4, -0.2) is 28.7 Å². The van der Waals surface area contributed by atoms with Crippen LogP contribution in [-0.2, 0) is 13.0 Å².